The minimum absolute atomic E-state index is 0.0356. The second-order valence-corrected chi connectivity index (χ2v) is 9.35. The number of rotatable bonds is 5. The summed E-state index contributed by atoms with van der Waals surface area (Å²) in [7, 11) is 0. The Kier molecular flexibility index (Phi) is 7.82. The number of halogens is 1. The lowest BCUT2D eigenvalue weighted by molar-refractivity contribution is 0.00422. The van der Waals surface area contributed by atoms with Gasteiger partial charge >= 0.3 is 6.09 Å². The Morgan fingerprint density at radius 3 is 2.67 bits per heavy atom. The second-order valence-electron chi connectivity index (χ2n) is 7.97. The zero-order valence-electron chi connectivity index (χ0n) is 17.8. The molecule has 3 rings (SSSR count). The number of carbonyl (C=O) groups excluding carboxylic acids is 1. The summed E-state index contributed by atoms with van der Waals surface area (Å²) < 4.78 is 31.3. The van der Waals surface area contributed by atoms with Crippen LogP contribution in [-0.4, -0.2) is 65.9 Å². The van der Waals surface area contributed by atoms with E-state index < -0.39 is 11.2 Å². The van der Waals surface area contributed by atoms with Crippen molar-refractivity contribution >= 4 is 28.7 Å². The molecule has 1 atom stereocenters. The number of piperidine rings is 2. The van der Waals surface area contributed by atoms with Crippen LogP contribution < -0.4 is 4.90 Å². The van der Waals surface area contributed by atoms with E-state index in [0.717, 1.165) is 25.1 Å². The molecule has 0 radical (unpaired) electrons. The van der Waals surface area contributed by atoms with Gasteiger partial charge in [0.15, 0.2) is 10.7 Å². The van der Waals surface area contributed by atoms with Gasteiger partial charge < -0.3 is 23.9 Å². The average Bonchev–Trinajstić information content (AvgIpc) is 2.72. The maximum Gasteiger partial charge on any atom is 0.410 e. The summed E-state index contributed by atoms with van der Waals surface area (Å²) in [4.78, 5) is 21.8. The minimum Gasteiger partial charge on any atom is -0.612 e. The fraction of sp³-hybridized carbons (Fsp3) is 0.619. The van der Waals surface area contributed by atoms with Gasteiger partial charge in [-0.1, -0.05) is 5.16 Å². The summed E-state index contributed by atoms with van der Waals surface area (Å²) in [5, 5.41) is 4.35. The lowest BCUT2D eigenvalue weighted by atomic mass is 10.1. The molecule has 2 heterocycles. The summed E-state index contributed by atoms with van der Waals surface area (Å²) in [6.07, 6.45) is 4.18. The molecule has 0 bridgehead atoms. The van der Waals surface area contributed by atoms with Crippen LogP contribution in [0, 0.1) is 5.82 Å². The van der Waals surface area contributed by atoms with E-state index in [1.54, 1.807) is 17.0 Å². The molecule has 1 aromatic carbocycles. The molecular weight excluding hydrogens is 409 g/mol. The summed E-state index contributed by atoms with van der Waals surface area (Å²) in [6, 6.07) is 4.72. The number of anilines is 1. The molecule has 30 heavy (non-hydrogen) atoms. The standard InChI is InChI=1S/C21H30FN3O4S/c1-15(2)28-21(26)24-11-8-17(9-12-24)29-23-16-5-4-10-25(14-16)20-7-6-18(30(3)27)13-19(20)22/h6-7,13,15,17H,4-5,8-12,14H2,1-3H3/b23-16-. The van der Waals surface area contributed by atoms with Crippen LogP contribution >= 0.6 is 0 Å². The third-order valence-electron chi connectivity index (χ3n) is 5.23. The molecule has 0 N–H and O–H groups in total. The minimum atomic E-state index is -1.21. The number of nitrogens with zero attached hydrogens (tertiary/aromatic N) is 3. The maximum absolute atomic E-state index is 14.5. The van der Waals surface area contributed by atoms with Crippen LogP contribution in [0.5, 0.6) is 0 Å². The number of likely N-dealkylation sites (tertiary alicyclic amines) is 1. The smallest absolute Gasteiger partial charge is 0.410 e. The monoisotopic (exact) mass is 439 g/mol. The molecule has 1 amide bonds. The van der Waals surface area contributed by atoms with E-state index in [0.29, 0.717) is 43.1 Å². The van der Waals surface area contributed by atoms with Gasteiger partial charge in [0, 0.05) is 38.5 Å². The van der Waals surface area contributed by atoms with Crippen molar-refractivity contribution in [1.29, 1.82) is 0 Å². The number of ether oxygens (including phenoxy) is 1. The van der Waals surface area contributed by atoms with Crippen molar-refractivity contribution in [2.75, 3.05) is 37.3 Å². The molecule has 2 aliphatic heterocycles. The highest BCUT2D eigenvalue weighted by Gasteiger charge is 2.26. The Morgan fingerprint density at radius 2 is 2.03 bits per heavy atom. The number of oxime groups is 1. The van der Waals surface area contributed by atoms with Crippen LogP contribution in [-0.2, 0) is 20.8 Å². The van der Waals surface area contributed by atoms with Crippen molar-refractivity contribution < 1.29 is 23.3 Å². The number of amides is 1. The molecule has 0 aromatic heterocycles. The Hall–Kier alpha value is -2.00. The van der Waals surface area contributed by atoms with Crippen molar-refractivity contribution in [2.45, 2.75) is 56.6 Å². The molecule has 7 nitrogen and oxygen atoms in total. The van der Waals surface area contributed by atoms with Crippen LogP contribution in [0.25, 0.3) is 0 Å². The first-order valence-electron chi connectivity index (χ1n) is 10.4. The van der Waals surface area contributed by atoms with Crippen LogP contribution in [0.2, 0.25) is 0 Å². The predicted molar refractivity (Wildman–Crippen MR) is 115 cm³/mol. The predicted octanol–water partition coefficient (Wildman–Crippen LogP) is 3.55. The molecular formula is C21H30FN3O4S. The Morgan fingerprint density at radius 1 is 1.30 bits per heavy atom. The summed E-state index contributed by atoms with van der Waals surface area (Å²) in [5.74, 6) is -0.370. The molecule has 0 aliphatic carbocycles. The first-order valence-corrected chi connectivity index (χ1v) is 11.9. The molecule has 2 fully saturated rings. The Bertz CT molecular complexity index is 767. The largest absolute Gasteiger partial charge is 0.612 e. The van der Waals surface area contributed by atoms with Gasteiger partial charge in [0.05, 0.1) is 24.0 Å². The molecule has 9 heteroatoms. The van der Waals surface area contributed by atoms with Gasteiger partial charge in [-0.05, 0) is 50.0 Å². The van der Waals surface area contributed by atoms with Crippen LogP contribution in [0.4, 0.5) is 14.9 Å². The Labute approximate surface area is 180 Å². The molecule has 0 saturated carbocycles. The number of hydrogen-bond donors (Lipinski definition) is 0. The first kappa shape index (κ1) is 22.7. The number of carbonyl (C=O) groups is 1. The van der Waals surface area contributed by atoms with Gasteiger partial charge in [0.25, 0.3) is 0 Å². The average molecular weight is 440 g/mol. The molecule has 1 aromatic rings. The lowest BCUT2D eigenvalue weighted by Crippen LogP contribution is -2.41. The first-order chi connectivity index (χ1) is 14.3. The van der Waals surface area contributed by atoms with Crippen LogP contribution in [0.1, 0.15) is 39.5 Å². The summed E-state index contributed by atoms with van der Waals surface area (Å²) in [6.45, 7) is 6.09. The quantitative estimate of drug-likeness (QED) is 0.518. The van der Waals surface area contributed by atoms with Crippen molar-refractivity contribution in [1.82, 2.24) is 4.90 Å². The van der Waals surface area contributed by atoms with Crippen LogP contribution in [0.15, 0.2) is 28.3 Å². The van der Waals surface area contributed by atoms with Gasteiger partial charge in [0.1, 0.15) is 12.4 Å². The summed E-state index contributed by atoms with van der Waals surface area (Å²) in [5.41, 5.74) is 1.37. The van der Waals surface area contributed by atoms with Crippen molar-refractivity contribution in [3.8, 4) is 0 Å². The molecule has 166 valence electrons. The molecule has 1 unspecified atom stereocenters. The fourth-order valence-corrected chi connectivity index (χ4v) is 4.15. The molecule has 0 spiro atoms. The van der Waals surface area contributed by atoms with E-state index >= 15 is 0 Å². The van der Waals surface area contributed by atoms with E-state index in [9.17, 15) is 13.7 Å². The topological polar surface area (TPSA) is 77.4 Å². The SMILES string of the molecule is CC(C)OC(=O)N1CCC(O/N=C2/CCCN(c3ccc([S+](C)[O-])cc3F)C2)CC1. The highest BCUT2D eigenvalue weighted by Crippen LogP contribution is 2.25. The Balaban J connectivity index is 1.52. The number of benzene rings is 1. The number of hydrogen-bond acceptors (Lipinski definition) is 6. The van der Waals surface area contributed by atoms with Gasteiger partial charge in [-0.3, -0.25) is 0 Å². The molecule has 2 saturated heterocycles. The maximum atomic E-state index is 14.5. The van der Waals surface area contributed by atoms with E-state index in [1.165, 1.54) is 12.3 Å². The van der Waals surface area contributed by atoms with Crippen LogP contribution in [0.3, 0.4) is 0 Å². The zero-order chi connectivity index (χ0) is 21.7. The van der Waals surface area contributed by atoms with Crippen molar-refractivity contribution in [3.63, 3.8) is 0 Å². The van der Waals surface area contributed by atoms with E-state index in [4.69, 9.17) is 9.57 Å². The third kappa shape index (κ3) is 6.01. The highest BCUT2D eigenvalue weighted by molar-refractivity contribution is 7.90. The van der Waals surface area contributed by atoms with Gasteiger partial charge in [-0.2, -0.15) is 0 Å². The molecule has 2 aliphatic rings. The van der Waals surface area contributed by atoms with E-state index in [1.807, 2.05) is 18.7 Å². The zero-order valence-corrected chi connectivity index (χ0v) is 18.6. The third-order valence-corrected chi connectivity index (χ3v) is 6.14. The second kappa shape index (κ2) is 10.3. The van der Waals surface area contributed by atoms with Crippen molar-refractivity contribution in [3.05, 3.63) is 24.0 Å². The highest BCUT2D eigenvalue weighted by atomic mass is 32.2. The lowest BCUT2D eigenvalue weighted by Gasteiger charge is -2.32. The van der Waals surface area contributed by atoms with Crippen molar-refractivity contribution in [2.24, 2.45) is 5.16 Å². The fourth-order valence-electron chi connectivity index (χ4n) is 3.62. The van der Waals surface area contributed by atoms with E-state index in [-0.39, 0.29) is 24.1 Å². The van der Waals surface area contributed by atoms with E-state index in [2.05, 4.69) is 5.16 Å². The normalized spacial score (nSPS) is 20.5. The van der Waals surface area contributed by atoms with Gasteiger partial charge in [-0.15, -0.1) is 0 Å². The summed E-state index contributed by atoms with van der Waals surface area (Å²) >= 11 is -1.21. The van der Waals surface area contributed by atoms with Gasteiger partial charge in [0.2, 0.25) is 0 Å². The van der Waals surface area contributed by atoms with Gasteiger partial charge in [-0.25, -0.2) is 9.18 Å².